The van der Waals surface area contributed by atoms with E-state index in [0.717, 1.165) is 30.2 Å². The molecule has 3 aromatic rings. The third kappa shape index (κ3) is 3.93. The van der Waals surface area contributed by atoms with Crippen molar-refractivity contribution >= 4 is 23.3 Å². The number of hydrogen-bond acceptors (Lipinski definition) is 7. The Hall–Kier alpha value is -3.20. The molecule has 2 aromatic heterocycles. The number of benzene rings is 1. The lowest BCUT2D eigenvalue weighted by molar-refractivity contribution is 0.0734. The second kappa shape index (κ2) is 8.14. The number of nitrogens with zero attached hydrogens (tertiary/aromatic N) is 7. The maximum atomic E-state index is 13.2. The Balaban J connectivity index is 1.33. The first-order chi connectivity index (χ1) is 15.1. The molecule has 0 radical (unpaired) electrons. The van der Waals surface area contributed by atoms with Crippen LogP contribution in [0, 0.1) is 0 Å². The number of halogens is 1. The minimum Gasteiger partial charge on any atom is -0.480 e. The number of aromatic nitrogens is 5. The Kier molecular flexibility index (Phi) is 5.19. The highest BCUT2D eigenvalue weighted by atomic mass is 35.5. The number of amides is 1. The Bertz CT molecular complexity index is 1110. The summed E-state index contributed by atoms with van der Waals surface area (Å²) < 4.78 is 6.88. The topological polar surface area (TPSA) is 89.3 Å². The van der Waals surface area contributed by atoms with E-state index in [9.17, 15) is 4.79 Å². The van der Waals surface area contributed by atoms with Crippen LogP contribution in [-0.2, 0) is 0 Å². The highest BCUT2D eigenvalue weighted by molar-refractivity contribution is 6.32. The Morgan fingerprint density at radius 1 is 1.10 bits per heavy atom. The number of para-hydroxylation sites is 1. The van der Waals surface area contributed by atoms with Gasteiger partial charge in [-0.2, -0.15) is 4.98 Å². The molecule has 1 aliphatic carbocycles. The molecule has 10 heteroatoms. The van der Waals surface area contributed by atoms with Crippen molar-refractivity contribution in [1.29, 1.82) is 0 Å². The predicted molar refractivity (Wildman–Crippen MR) is 115 cm³/mol. The summed E-state index contributed by atoms with van der Waals surface area (Å²) in [6, 6.07) is 7.49. The fraction of sp³-hybridized carbons (Fsp3) is 0.381. The molecule has 2 aliphatic rings. The number of anilines is 1. The molecule has 160 valence electrons. The van der Waals surface area contributed by atoms with Gasteiger partial charge in [0.25, 0.3) is 5.91 Å². The third-order valence-corrected chi connectivity index (χ3v) is 5.87. The summed E-state index contributed by atoms with van der Waals surface area (Å²) in [4.78, 5) is 30.2. The largest absolute Gasteiger partial charge is 0.480 e. The smallest absolute Gasteiger partial charge is 0.293 e. The molecule has 1 aromatic carbocycles. The van der Waals surface area contributed by atoms with Gasteiger partial charge in [0.05, 0.1) is 30.2 Å². The van der Waals surface area contributed by atoms with Gasteiger partial charge in [0, 0.05) is 32.1 Å². The summed E-state index contributed by atoms with van der Waals surface area (Å²) in [5, 5.41) is 5.14. The number of piperazine rings is 1. The van der Waals surface area contributed by atoms with Gasteiger partial charge < -0.3 is 14.5 Å². The number of hydrogen-bond donors (Lipinski definition) is 0. The molecule has 1 aliphatic heterocycles. The van der Waals surface area contributed by atoms with Crippen LogP contribution in [0.3, 0.4) is 0 Å². The van der Waals surface area contributed by atoms with Crippen molar-refractivity contribution in [3.63, 3.8) is 0 Å². The molecule has 5 rings (SSSR count). The van der Waals surface area contributed by atoms with E-state index in [-0.39, 0.29) is 11.7 Å². The van der Waals surface area contributed by atoms with Crippen molar-refractivity contribution in [3.8, 4) is 11.6 Å². The highest BCUT2D eigenvalue weighted by Crippen LogP contribution is 2.40. The molecular weight excluding hydrogens is 418 g/mol. The van der Waals surface area contributed by atoms with Crippen LogP contribution < -0.4 is 9.64 Å². The minimum atomic E-state index is -0.163. The lowest BCUT2D eigenvalue weighted by atomic mass is 10.3. The van der Waals surface area contributed by atoms with E-state index >= 15 is 0 Å². The van der Waals surface area contributed by atoms with Crippen LogP contribution in [0.5, 0.6) is 5.88 Å². The summed E-state index contributed by atoms with van der Waals surface area (Å²) in [7, 11) is 1.56. The first-order valence-corrected chi connectivity index (χ1v) is 10.6. The van der Waals surface area contributed by atoms with Crippen LogP contribution in [0.2, 0.25) is 5.02 Å². The zero-order valence-corrected chi connectivity index (χ0v) is 17.9. The first kappa shape index (κ1) is 19.7. The van der Waals surface area contributed by atoms with Crippen molar-refractivity contribution in [1.82, 2.24) is 29.6 Å². The van der Waals surface area contributed by atoms with Gasteiger partial charge >= 0.3 is 0 Å². The van der Waals surface area contributed by atoms with Gasteiger partial charge in [-0.1, -0.05) is 23.7 Å². The van der Waals surface area contributed by atoms with Gasteiger partial charge in [-0.25, -0.2) is 9.67 Å². The van der Waals surface area contributed by atoms with E-state index < -0.39 is 0 Å². The van der Waals surface area contributed by atoms with Crippen LogP contribution in [0.15, 0.2) is 36.7 Å². The van der Waals surface area contributed by atoms with E-state index in [4.69, 9.17) is 16.3 Å². The minimum absolute atomic E-state index is 0.163. The normalized spacial score (nSPS) is 16.5. The number of methoxy groups -OCH3 is 1. The SMILES string of the molecule is COc1cncc(N2CCN(C(=O)c3nc(C4CC4)n(-c4ccccc4Cl)n3)CC2)n1. The molecule has 0 bridgehead atoms. The Labute approximate surface area is 184 Å². The zero-order chi connectivity index (χ0) is 21.4. The second-order valence-corrected chi connectivity index (χ2v) is 8.04. The maximum absolute atomic E-state index is 13.2. The number of carbonyl (C=O) groups excluding carboxylic acids is 1. The van der Waals surface area contributed by atoms with Gasteiger partial charge in [0.2, 0.25) is 11.7 Å². The van der Waals surface area contributed by atoms with Crippen LogP contribution >= 0.6 is 11.6 Å². The summed E-state index contributed by atoms with van der Waals surface area (Å²) in [5.74, 6) is 2.40. The maximum Gasteiger partial charge on any atom is 0.293 e. The van der Waals surface area contributed by atoms with Crippen molar-refractivity contribution in [2.75, 3.05) is 38.2 Å². The molecule has 1 saturated carbocycles. The number of carbonyl (C=O) groups is 1. The number of rotatable bonds is 5. The van der Waals surface area contributed by atoms with Crippen molar-refractivity contribution < 1.29 is 9.53 Å². The molecule has 1 amide bonds. The molecular formula is C21H22ClN7O2. The van der Waals surface area contributed by atoms with Crippen LogP contribution in [0.25, 0.3) is 5.69 Å². The molecule has 0 spiro atoms. The van der Waals surface area contributed by atoms with Gasteiger partial charge in [-0.05, 0) is 25.0 Å². The van der Waals surface area contributed by atoms with Crippen molar-refractivity contribution in [2.45, 2.75) is 18.8 Å². The van der Waals surface area contributed by atoms with Crippen molar-refractivity contribution in [2.24, 2.45) is 0 Å². The second-order valence-electron chi connectivity index (χ2n) is 7.63. The summed E-state index contributed by atoms with van der Waals surface area (Å²) in [5.41, 5.74) is 0.749. The predicted octanol–water partition coefficient (Wildman–Crippen LogP) is 2.56. The molecule has 2 fully saturated rings. The van der Waals surface area contributed by atoms with E-state index in [1.165, 1.54) is 0 Å². The average molecular weight is 440 g/mol. The summed E-state index contributed by atoms with van der Waals surface area (Å²) in [6.45, 7) is 2.40. The molecule has 3 heterocycles. The monoisotopic (exact) mass is 439 g/mol. The lowest BCUT2D eigenvalue weighted by Gasteiger charge is -2.34. The lowest BCUT2D eigenvalue weighted by Crippen LogP contribution is -2.49. The third-order valence-electron chi connectivity index (χ3n) is 5.55. The summed E-state index contributed by atoms with van der Waals surface area (Å²) in [6.07, 6.45) is 5.38. The fourth-order valence-electron chi connectivity index (χ4n) is 3.69. The molecule has 0 unspecified atom stereocenters. The van der Waals surface area contributed by atoms with Crippen molar-refractivity contribution in [3.05, 3.63) is 53.3 Å². The van der Waals surface area contributed by atoms with Crippen LogP contribution in [0.4, 0.5) is 5.82 Å². The van der Waals surface area contributed by atoms with E-state index in [2.05, 4.69) is 25.0 Å². The molecule has 1 saturated heterocycles. The van der Waals surface area contributed by atoms with E-state index in [0.29, 0.717) is 43.0 Å². The van der Waals surface area contributed by atoms with E-state index in [1.807, 2.05) is 24.3 Å². The molecule has 0 N–H and O–H groups in total. The van der Waals surface area contributed by atoms with Gasteiger partial charge in [0.15, 0.2) is 5.82 Å². The summed E-state index contributed by atoms with van der Waals surface area (Å²) >= 11 is 6.38. The molecule has 31 heavy (non-hydrogen) atoms. The molecule has 9 nitrogen and oxygen atoms in total. The van der Waals surface area contributed by atoms with Crippen LogP contribution in [0.1, 0.15) is 35.2 Å². The quantitative estimate of drug-likeness (QED) is 0.603. The zero-order valence-electron chi connectivity index (χ0n) is 17.1. The average Bonchev–Trinajstić information content (AvgIpc) is 3.57. The van der Waals surface area contributed by atoms with Gasteiger partial charge in [-0.3, -0.25) is 9.78 Å². The van der Waals surface area contributed by atoms with Crippen LogP contribution in [-0.4, -0.2) is 68.8 Å². The van der Waals surface area contributed by atoms with Gasteiger partial charge in [0.1, 0.15) is 5.82 Å². The molecule has 0 atom stereocenters. The Morgan fingerprint density at radius 3 is 2.58 bits per heavy atom. The van der Waals surface area contributed by atoms with E-state index in [1.54, 1.807) is 29.1 Å². The fourth-order valence-corrected chi connectivity index (χ4v) is 3.91. The van der Waals surface area contributed by atoms with Gasteiger partial charge in [-0.15, -0.1) is 5.10 Å². The highest BCUT2D eigenvalue weighted by Gasteiger charge is 2.33. The standard InChI is InChI=1S/C21H22ClN7O2/c1-31-18-13-23-12-17(24-18)27-8-10-28(11-9-27)21(30)19-25-20(14-6-7-14)29(26-19)16-5-3-2-4-15(16)22/h2-5,12-14H,6-11H2,1H3. The number of ether oxygens (including phenoxy) is 1. The first-order valence-electron chi connectivity index (χ1n) is 10.3. The Morgan fingerprint density at radius 2 is 1.87 bits per heavy atom.